The van der Waals surface area contributed by atoms with E-state index in [0.29, 0.717) is 12.2 Å². The van der Waals surface area contributed by atoms with Crippen LogP contribution in [0.1, 0.15) is 31.9 Å². The van der Waals surface area contributed by atoms with Crippen molar-refractivity contribution in [3.8, 4) is 17.2 Å². The van der Waals surface area contributed by atoms with E-state index in [9.17, 15) is 10.1 Å². The van der Waals surface area contributed by atoms with E-state index in [2.05, 4.69) is 44.3 Å². The van der Waals surface area contributed by atoms with Gasteiger partial charge in [0.05, 0.1) is 18.3 Å². The van der Waals surface area contributed by atoms with Gasteiger partial charge in [-0.15, -0.1) is 0 Å². The normalized spacial score (nSPS) is 13.8. The predicted octanol–water partition coefficient (Wildman–Crippen LogP) is 3.82. The highest BCUT2D eigenvalue weighted by atomic mass is 16.4. The molecule has 1 heterocycles. The Balaban J connectivity index is 1.93. The quantitative estimate of drug-likeness (QED) is 0.883. The minimum atomic E-state index is -0.997. The molecule has 1 aliphatic heterocycles. The van der Waals surface area contributed by atoms with E-state index in [1.165, 1.54) is 11.8 Å². The van der Waals surface area contributed by atoms with Gasteiger partial charge in [0.1, 0.15) is 5.70 Å². The Morgan fingerprint density at radius 2 is 1.88 bits per heavy atom. The van der Waals surface area contributed by atoms with Gasteiger partial charge >= 0.3 is 5.97 Å². The molecular formula is C21H21N3O2. The van der Waals surface area contributed by atoms with E-state index in [1.54, 1.807) is 11.0 Å². The van der Waals surface area contributed by atoms with Crippen molar-refractivity contribution in [2.45, 2.75) is 26.2 Å². The summed E-state index contributed by atoms with van der Waals surface area (Å²) < 4.78 is 0. The number of aliphatic carboxylic acids is 1. The van der Waals surface area contributed by atoms with Crippen molar-refractivity contribution >= 4 is 11.7 Å². The minimum Gasteiger partial charge on any atom is -0.477 e. The lowest BCUT2D eigenvalue weighted by molar-refractivity contribution is -0.132. The van der Waals surface area contributed by atoms with Gasteiger partial charge in [0.15, 0.2) is 0 Å². The van der Waals surface area contributed by atoms with Crippen molar-refractivity contribution in [2.75, 3.05) is 11.6 Å². The van der Waals surface area contributed by atoms with E-state index in [0.717, 1.165) is 16.8 Å². The molecule has 0 radical (unpaired) electrons. The van der Waals surface area contributed by atoms with Gasteiger partial charge in [0, 0.05) is 11.9 Å². The molecule has 0 spiro atoms. The molecule has 3 rings (SSSR count). The average molecular weight is 347 g/mol. The molecule has 2 aromatic rings. The highest BCUT2D eigenvalue weighted by Crippen LogP contribution is 2.30. The number of hydrogen-bond donors (Lipinski definition) is 2. The van der Waals surface area contributed by atoms with Gasteiger partial charge in [-0.1, -0.05) is 51.1 Å². The highest BCUT2D eigenvalue weighted by Gasteiger charge is 2.19. The molecule has 0 saturated carbocycles. The van der Waals surface area contributed by atoms with Crippen LogP contribution in [-0.2, 0) is 10.2 Å². The van der Waals surface area contributed by atoms with Crippen molar-refractivity contribution in [3.63, 3.8) is 0 Å². The Morgan fingerprint density at radius 3 is 2.42 bits per heavy atom. The number of benzene rings is 2. The Labute approximate surface area is 153 Å². The Morgan fingerprint density at radius 1 is 1.19 bits per heavy atom. The standard InChI is InChI=1S/C21H21N3O2/c1-21(2,3)16-6-4-14(5-7-16)18-9-8-17(10-15(18)11-22)24-12-19(20(25)26)23-13-24/h4-10,12,23H,13H2,1-3H3,(H,25,26). The second-order valence-corrected chi connectivity index (χ2v) is 7.32. The average Bonchev–Trinajstić information content (AvgIpc) is 3.11. The first-order valence-corrected chi connectivity index (χ1v) is 8.40. The zero-order valence-electron chi connectivity index (χ0n) is 15.1. The number of anilines is 1. The number of nitriles is 1. The number of rotatable bonds is 3. The number of carbonyl (C=O) groups is 1. The van der Waals surface area contributed by atoms with Gasteiger partial charge in [-0.3, -0.25) is 0 Å². The van der Waals surface area contributed by atoms with Crippen LogP contribution in [0.2, 0.25) is 0 Å². The summed E-state index contributed by atoms with van der Waals surface area (Å²) in [7, 11) is 0. The summed E-state index contributed by atoms with van der Waals surface area (Å²) in [5, 5.41) is 21.4. The van der Waals surface area contributed by atoms with Gasteiger partial charge in [-0.05, 0) is 34.2 Å². The molecule has 0 bridgehead atoms. The first-order valence-electron chi connectivity index (χ1n) is 8.40. The zero-order valence-corrected chi connectivity index (χ0v) is 15.1. The molecule has 0 fully saturated rings. The van der Waals surface area contributed by atoms with Crippen LogP contribution in [0.15, 0.2) is 54.4 Å². The van der Waals surface area contributed by atoms with Crippen molar-refractivity contribution in [1.82, 2.24) is 5.32 Å². The molecular weight excluding hydrogens is 326 g/mol. The highest BCUT2D eigenvalue weighted by molar-refractivity contribution is 5.87. The van der Waals surface area contributed by atoms with E-state index in [1.807, 2.05) is 24.3 Å². The largest absolute Gasteiger partial charge is 0.477 e. The molecule has 0 aromatic heterocycles. The molecule has 5 nitrogen and oxygen atoms in total. The number of nitrogens with one attached hydrogen (secondary N) is 1. The lowest BCUT2D eigenvalue weighted by Crippen LogP contribution is -2.22. The first kappa shape index (κ1) is 17.6. The number of carboxylic acids is 1. The van der Waals surface area contributed by atoms with Crippen LogP contribution in [0.4, 0.5) is 5.69 Å². The van der Waals surface area contributed by atoms with Gasteiger partial charge < -0.3 is 15.3 Å². The van der Waals surface area contributed by atoms with Crippen molar-refractivity contribution in [3.05, 3.63) is 65.5 Å². The maximum absolute atomic E-state index is 11.0. The van der Waals surface area contributed by atoms with Crippen molar-refractivity contribution in [1.29, 1.82) is 5.26 Å². The topological polar surface area (TPSA) is 76.4 Å². The molecule has 2 aromatic carbocycles. The zero-order chi connectivity index (χ0) is 18.9. The second-order valence-electron chi connectivity index (χ2n) is 7.32. The van der Waals surface area contributed by atoms with Crippen molar-refractivity contribution in [2.24, 2.45) is 0 Å². The molecule has 26 heavy (non-hydrogen) atoms. The van der Waals surface area contributed by atoms with Crippen LogP contribution < -0.4 is 10.2 Å². The van der Waals surface area contributed by atoms with Crippen LogP contribution in [0.3, 0.4) is 0 Å². The summed E-state index contributed by atoms with van der Waals surface area (Å²) in [6.07, 6.45) is 1.54. The molecule has 0 amide bonds. The lowest BCUT2D eigenvalue weighted by Gasteiger charge is -2.19. The van der Waals surface area contributed by atoms with Crippen LogP contribution in [0.5, 0.6) is 0 Å². The molecule has 1 aliphatic rings. The monoisotopic (exact) mass is 347 g/mol. The number of nitrogens with zero attached hydrogens (tertiary/aromatic N) is 2. The summed E-state index contributed by atoms with van der Waals surface area (Å²) >= 11 is 0. The number of hydrogen-bond acceptors (Lipinski definition) is 4. The smallest absolute Gasteiger partial charge is 0.353 e. The van der Waals surface area contributed by atoms with Gasteiger partial charge in [-0.25, -0.2) is 4.79 Å². The molecule has 0 unspecified atom stereocenters. The van der Waals surface area contributed by atoms with Crippen LogP contribution in [0, 0.1) is 11.3 Å². The summed E-state index contributed by atoms with van der Waals surface area (Å²) in [6, 6.07) is 16.1. The molecule has 0 atom stereocenters. The lowest BCUT2D eigenvalue weighted by atomic mass is 9.86. The third-order valence-corrected chi connectivity index (χ3v) is 4.47. The van der Waals surface area contributed by atoms with Gasteiger partial charge in [0.2, 0.25) is 0 Å². The third kappa shape index (κ3) is 3.40. The SMILES string of the molecule is CC(C)(C)c1ccc(-c2ccc(N3C=C(C(=O)O)NC3)cc2C#N)cc1. The summed E-state index contributed by atoms with van der Waals surface area (Å²) in [5.74, 6) is -0.997. The fourth-order valence-corrected chi connectivity index (χ4v) is 2.92. The van der Waals surface area contributed by atoms with Crippen LogP contribution in [-0.4, -0.2) is 17.7 Å². The van der Waals surface area contributed by atoms with E-state index >= 15 is 0 Å². The van der Waals surface area contributed by atoms with Crippen molar-refractivity contribution < 1.29 is 9.90 Å². The van der Waals surface area contributed by atoms with E-state index in [4.69, 9.17) is 5.11 Å². The Hall–Kier alpha value is -3.26. The molecule has 132 valence electrons. The maximum Gasteiger partial charge on any atom is 0.353 e. The van der Waals surface area contributed by atoms with E-state index in [-0.39, 0.29) is 11.1 Å². The fourth-order valence-electron chi connectivity index (χ4n) is 2.92. The molecule has 5 heteroatoms. The molecule has 0 saturated heterocycles. The van der Waals surface area contributed by atoms with Crippen LogP contribution >= 0.6 is 0 Å². The second kappa shape index (κ2) is 6.57. The summed E-state index contributed by atoms with van der Waals surface area (Å²) in [4.78, 5) is 12.8. The summed E-state index contributed by atoms with van der Waals surface area (Å²) in [5.41, 5.74) is 4.66. The minimum absolute atomic E-state index is 0.0807. The predicted molar refractivity (Wildman–Crippen MR) is 101 cm³/mol. The molecule has 0 aliphatic carbocycles. The van der Waals surface area contributed by atoms with Crippen LogP contribution in [0.25, 0.3) is 11.1 Å². The Bertz CT molecular complexity index is 916. The third-order valence-electron chi connectivity index (χ3n) is 4.47. The van der Waals surface area contributed by atoms with E-state index < -0.39 is 5.97 Å². The van der Waals surface area contributed by atoms with Gasteiger partial charge in [0.25, 0.3) is 0 Å². The molecule has 2 N–H and O–H groups in total. The fraction of sp³-hybridized carbons (Fsp3) is 0.238. The first-order chi connectivity index (χ1) is 12.3. The Kier molecular flexibility index (Phi) is 4.43. The number of carboxylic acid groups (broad SMARTS) is 1. The maximum atomic E-state index is 11.0. The van der Waals surface area contributed by atoms with Gasteiger partial charge in [-0.2, -0.15) is 5.26 Å². The summed E-state index contributed by atoms with van der Waals surface area (Å²) in [6.45, 7) is 6.87.